The van der Waals surface area contributed by atoms with Gasteiger partial charge >= 0.3 is 167 Å². The molecular weight excluding hydrogens is 358 g/mol. The van der Waals surface area contributed by atoms with Gasteiger partial charge in [0.25, 0.3) is 0 Å². The SMILES string of the molecule is CC1(C)C2CCC1(C[Se]CC13CCC(C[C@H]1[O-])C3(C)C)C(O)C2.[Li+]. The molecule has 5 unspecified atom stereocenters. The summed E-state index contributed by atoms with van der Waals surface area (Å²) in [5.74, 6) is 1.39. The first-order valence-electron chi connectivity index (χ1n) is 9.59. The Morgan fingerprint density at radius 1 is 0.917 bits per heavy atom. The summed E-state index contributed by atoms with van der Waals surface area (Å²) in [7, 11) is 0. The van der Waals surface area contributed by atoms with E-state index >= 15 is 0 Å². The van der Waals surface area contributed by atoms with E-state index in [2.05, 4.69) is 27.7 Å². The van der Waals surface area contributed by atoms with Crippen LogP contribution in [0, 0.1) is 33.5 Å². The summed E-state index contributed by atoms with van der Waals surface area (Å²) in [6.07, 6.45) is 6.50. The van der Waals surface area contributed by atoms with Crippen molar-refractivity contribution in [1.82, 2.24) is 0 Å². The van der Waals surface area contributed by atoms with Crippen LogP contribution in [-0.4, -0.2) is 32.3 Å². The van der Waals surface area contributed by atoms with Gasteiger partial charge in [0.15, 0.2) is 0 Å². The van der Waals surface area contributed by atoms with Crippen molar-refractivity contribution in [2.45, 2.75) is 89.1 Å². The molecular formula is C20H33LiO2Se. The maximum atomic E-state index is 12.8. The molecule has 132 valence electrons. The Hall–Kier alpha value is 1.04. The van der Waals surface area contributed by atoms with Gasteiger partial charge in [0.05, 0.1) is 0 Å². The minimum absolute atomic E-state index is 0. The predicted octanol–water partition coefficient (Wildman–Crippen LogP) is 0.274. The van der Waals surface area contributed by atoms with Crippen molar-refractivity contribution < 1.29 is 29.1 Å². The summed E-state index contributed by atoms with van der Waals surface area (Å²) in [4.78, 5) is 0. The molecule has 2 nitrogen and oxygen atoms in total. The van der Waals surface area contributed by atoms with Crippen LogP contribution in [0.3, 0.4) is 0 Å². The normalized spacial score (nSPS) is 50.2. The second kappa shape index (κ2) is 6.02. The zero-order valence-electron chi connectivity index (χ0n) is 16.2. The number of fused-ring (bicyclic) bond motifs is 4. The number of hydrogen-bond donors (Lipinski definition) is 1. The maximum absolute atomic E-state index is 12.8. The maximum Gasteiger partial charge on any atom is 1.00 e. The molecule has 0 spiro atoms. The van der Waals surface area contributed by atoms with Gasteiger partial charge in [-0.3, -0.25) is 0 Å². The molecule has 0 amide bonds. The molecule has 0 aromatic rings. The van der Waals surface area contributed by atoms with Crippen LogP contribution >= 0.6 is 0 Å². The molecule has 4 aliphatic carbocycles. The zero-order chi connectivity index (χ0) is 16.7. The topological polar surface area (TPSA) is 43.3 Å². The van der Waals surface area contributed by atoms with Crippen LogP contribution in [0.4, 0.5) is 0 Å². The number of hydrogen-bond acceptors (Lipinski definition) is 2. The van der Waals surface area contributed by atoms with Gasteiger partial charge in [-0.2, -0.15) is 0 Å². The number of aliphatic hydroxyl groups is 1. The predicted molar refractivity (Wildman–Crippen MR) is 92.3 cm³/mol. The van der Waals surface area contributed by atoms with E-state index in [1.807, 2.05) is 0 Å². The minimum Gasteiger partial charge on any atom is 1.00 e. The summed E-state index contributed by atoms with van der Waals surface area (Å²) >= 11 is 0.497. The Bertz CT molecular complexity index is 464. The van der Waals surface area contributed by atoms with E-state index in [9.17, 15) is 10.2 Å². The largest absolute Gasteiger partial charge is 1.00 e. The summed E-state index contributed by atoms with van der Waals surface area (Å²) in [6, 6.07) is 0. The Morgan fingerprint density at radius 3 is 1.83 bits per heavy atom. The molecule has 0 aliphatic heterocycles. The third-order valence-corrected chi connectivity index (χ3v) is 12.5. The van der Waals surface area contributed by atoms with Gasteiger partial charge in [0.2, 0.25) is 0 Å². The summed E-state index contributed by atoms with van der Waals surface area (Å²) in [5, 5.41) is 25.9. The van der Waals surface area contributed by atoms with Crippen molar-refractivity contribution in [3.8, 4) is 0 Å². The van der Waals surface area contributed by atoms with Crippen LogP contribution < -0.4 is 24.0 Å². The van der Waals surface area contributed by atoms with E-state index in [4.69, 9.17) is 0 Å². The summed E-state index contributed by atoms with van der Waals surface area (Å²) < 4.78 is 0. The standard InChI is InChI=1S/C20H33O2Se.Li/c1-17(2)13-5-7-19(17,15(21)9-13)11-23-12-20-8-6-14(10-16(20)22)18(20,3)4;/h13-16,21H,5-12H2,1-4H3;/q-1;+1/t13?,14?,15?,16-,19?,20?;/m1./s1. The van der Waals surface area contributed by atoms with E-state index in [1.54, 1.807) is 0 Å². The average Bonchev–Trinajstić information content (AvgIpc) is 3.00. The minimum atomic E-state index is -0.325. The molecule has 4 fully saturated rings. The Kier molecular flexibility index (Phi) is 4.96. The summed E-state index contributed by atoms with van der Waals surface area (Å²) in [5.41, 5.74) is 0.778. The van der Waals surface area contributed by atoms with Gasteiger partial charge in [0, 0.05) is 0 Å². The zero-order valence-corrected chi connectivity index (χ0v) is 17.9. The third kappa shape index (κ3) is 2.22. The fourth-order valence-electron chi connectivity index (χ4n) is 7.14. The van der Waals surface area contributed by atoms with Gasteiger partial charge < -0.3 is 0 Å². The fourth-order valence-corrected chi connectivity index (χ4v) is 11.8. The van der Waals surface area contributed by atoms with Crippen LogP contribution in [0.2, 0.25) is 10.6 Å². The first kappa shape index (κ1) is 19.8. The van der Waals surface area contributed by atoms with Crippen LogP contribution in [0.5, 0.6) is 0 Å². The van der Waals surface area contributed by atoms with Crippen molar-refractivity contribution in [3.63, 3.8) is 0 Å². The van der Waals surface area contributed by atoms with Gasteiger partial charge in [-0.15, -0.1) is 0 Å². The Morgan fingerprint density at radius 2 is 1.42 bits per heavy atom. The molecule has 4 bridgehead atoms. The molecule has 1 N–H and O–H groups in total. The molecule has 0 aromatic heterocycles. The van der Waals surface area contributed by atoms with Gasteiger partial charge in [-0.25, -0.2) is 0 Å². The van der Waals surface area contributed by atoms with Crippen molar-refractivity contribution in [2.24, 2.45) is 33.5 Å². The molecule has 4 aliphatic rings. The Balaban J connectivity index is 0.00000169. The average molecular weight is 391 g/mol. The molecule has 0 radical (unpaired) electrons. The van der Waals surface area contributed by atoms with Gasteiger partial charge in [-0.05, 0) is 0 Å². The van der Waals surface area contributed by atoms with Crippen LogP contribution in [0.25, 0.3) is 0 Å². The molecule has 4 heteroatoms. The molecule has 4 rings (SSSR count). The second-order valence-electron chi connectivity index (χ2n) is 10.2. The smallest absolute Gasteiger partial charge is 1.00 e. The molecule has 24 heavy (non-hydrogen) atoms. The quantitative estimate of drug-likeness (QED) is 0.700. The molecule has 0 aromatic carbocycles. The van der Waals surface area contributed by atoms with Gasteiger partial charge in [0.1, 0.15) is 0 Å². The fraction of sp³-hybridized carbons (Fsp3) is 1.00. The molecule has 6 atom stereocenters. The van der Waals surface area contributed by atoms with E-state index in [-0.39, 0.29) is 47.3 Å². The molecule has 0 saturated heterocycles. The number of rotatable bonds is 4. The van der Waals surface area contributed by atoms with E-state index < -0.39 is 0 Å². The first-order valence-corrected chi connectivity index (χ1v) is 12.0. The molecule has 0 heterocycles. The first-order chi connectivity index (χ1) is 10.7. The van der Waals surface area contributed by atoms with Crippen LogP contribution in [0.15, 0.2) is 0 Å². The Labute approximate surface area is 166 Å². The summed E-state index contributed by atoms with van der Waals surface area (Å²) in [6.45, 7) is 9.54. The third-order valence-electron chi connectivity index (χ3n) is 9.47. The van der Waals surface area contributed by atoms with Crippen molar-refractivity contribution in [1.29, 1.82) is 0 Å². The van der Waals surface area contributed by atoms with Crippen molar-refractivity contribution in [2.75, 3.05) is 0 Å². The van der Waals surface area contributed by atoms with Crippen molar-refractivity contribution >= 4 is 15.0 Å². The second-order valence-corrected chi connectivity index (χ2v) is 12.3. The van der Waals surface area contributed by atoms with Crippen molar-refractivity contribution in [3.05, 3.63) is 0 Å². The van der Waals surface area contributed by atoms with Gasteiger partial charge in [-0.1, -0.05) is 0 Å². The monoisotopic (exact) mass is 392 g/mol. The van der Waals surface area contributed by atoms with Crippen LogP contribution in [-0.2, 0) is 0 Å². The number of aliphatic hydroxyl groups excluding tert-OH is 1. The van der Waals surface area contributed by atoms with E-state index in [1.165, 1.54) is 31.0 Å². The van der Waals surface area contributed by atoms with E-state index in [0.717, 1.165) is 24.1 Å². The van der Waals surface area contributed by atoms with Crippen LogP contribution in [0.1, 0.15) is 66.2 Å². The molecule has 4 saturated carbocycles. The van der Waals surface area contributed by atoms with E-state index in [0.29, 0.717) is 26.3 Å².